The van der Waals surface area contributed by atoms with Gasteiger partial charge in [0.2, 0.25) is 0 Å². The van der Waals surface area contributed by atoms with Gasteiger partial charge in [0.1, 0.15) is 5.82 Å². The Kier molecular flexibility index (Phi) is 3.72. The molecule has 0 saturated carbocycles. The highest BCUT2D eigenvalue weighted by molar-refractivity contribution is 5.71. The number of fused-ring (bicyclic) bond motifs is 1. The van der Waals surface area contributed by atoms with Crippen LogP contribution in [0.5, 0.6) is 0 Å². The zero-order valence-electron chi connectivity index (χ0n) is 12.1. The van der Waals surface area contributed by atoms with E-state index in [1.165, 1.54) is 0 Å². The summed E-state index contributed by atoms with van der Waals surface area (Å²) in [5, 5.41) is 9.05. The third-order valence-electron chi connectivity index (χ3n) is 3.95. The Labute approximate surface area is 122 Å². The summed E-state index contributed by atoms with van der Waals surface area (Å²) in [6.07, 6.45) is 5.83. The number of hydrogen-bond acceptors (Lipinski definition) is 5. The summed E-state index contributed by atoms with van der Waals surface area (Å²) in [6, 6.07) is 0. The van der Waals surface area contributed by atoms with Gasteiger partial charge in [0.05, 0.1) is 18.4 Å². The molecule has 0 aromatic carbocycles. The predicted molar refractivity (Wildman–Crippen MR) is 78.2 cm³/mol. The maximum absolute atomic E-state index is 11.0. The number of aryl methyl sites for hydroxylation is 1. The van der Waals surface area contributed by atoms with Gasteiger partial charge in [0, 0.05) is 19.6 Å². The molecule has 1 N–H and O–H groups in total. The first-order chi connectivity index (χ1) is 10.2. The Morgan fingerprint density at radius 2 is 2.14 bits per heavy atom. The third-order valence-corrected chi connectivity index (χ3v) is 3.95. The van der Waals surface area contributed by atoms with E-state index in [4.69, 9.17) is 5.11 Å². The summed E-state index contributed by atoms with van der Waals surface area (Å²) in [6.45, 7) is 4.40. The normalized spacial score (nSPS) is 16.5. The van der Waals surface area contributed by atoms with Crippen LogP contribution in [-0.2, 0) is 11.3 Å². The summed E-state index contributed by atoms with van der Waals surface area (Å²) in [5.74, 6) is -0.120. The van der Waals surface area contributed by atoms with Crippen LogP contribution in [-0.4, -0.2) is 43.7 Å². The average molecular weight is 289 g/mol. The van der Waals surface area contributed by atoms with Crippen LogP contribution in [0.15, 0.2) is 12.5 Å². The second-order valence-electron chi connectivity index (χ2n) is 5.41. The average Bonchev–Trinajstić information content (AvgIpc) is 2.90. The van der Waals surface area contributed by atoms with Gasteiger partial charge in [-0.1, -0.05) is 6.92 Å². The maximum atomic E-state index is 11.0. The van der Waals surface area contributed by atoms with Crippen molar-refractivity contribution < 1.29 is 9.90 Å². The lowest BCUT2D eigenvalue weighted by Gasteiger charge is -2.30. The summed E-state index contributed by atoms with van der Waals surface area (Å²) in [5.41, 5.74) is 1.46. The number of anilines is 1. The number of hydrogen-bond donors (Lipinski definition) is 1. The van der Waals surface area contributed by atoms with Crippen molar-refractivity contribution in [2.45, 2.75) is 32.7 Å². The van der Waals surface area contributed by atoms with Gasteiger partial charge in [-0.15, -0.1) is 0 Å². The molecule has 0 bridgehead atoms. The van der Waals surface area contributed by atoms with E-state index in [0.717, 1.165) is 24.4 Å². The molecular weight excluding hydrogens is 270 g/mol. The first kappa shape index (κ1) is 13.8. The highest BCUT2D eigenvalue weighted by atomic mass is 16.4. The number of carboxylic acids is 1. The number of carboxylic acid groups (broad SMARTS) is 1. The van der Waals surface area contributed by atoms with Crippen LogP contribution in [0.3, 0.4) is 0 Å². The molecule has 3 heterocycles. The zero-order chi connectivity index (χ0) is 14.8. The van der Waals surface area contributed by atoms with E-state index in [-0.39, 0.29) is 5.92 Å². The fraction of sp³-hybridized carbons (Fsp3) is 0.571. The van der Waals surface area contributed by atoms with E-state index in [9.17, 15) is 4.79 Å². The first-order valence-electron chi connectivity index (χ1n) is 7.34. The van der Waals surface area contributed by atoms with Crippen LogP contribution in [0.4, 0.5) is 5.82 Å². The molecule has 1 fully saturated rings. The van der Waals surface area contributed by atoms with Crippen molar-refractivity contribution in [3.63, 3.8) is 0 Å². The van der Waals surface area contributed by atoms with E-state index >= 15 is 0 Å². The zero-order valence-corrected chi connectivity index (χ0v) is 12.1. The lowest BCUT2D eigenvalue weighted by atomic mass is 9.97. The quantitative estimate of drug-likeness (QED) is 0.919. The molecule has 1 aliphatic heterocycles. The van der Waals surface area contributed by atoms with Crippen LogP contribution >= 0.6 is 0 Å². The molecule has 112 valence electrons. The SMILES string of the molecule is CCCn1cnc2ncc(N3CCC(C(=O)O)CC3)nc21. The van der Waals surface area contributed by atoms with Crippen LogP contribution < -0.4 is 4.90 Å². The van der Waals surface area contributed by atoms with Crippen molar-refractivity contribution in [2.75, 3.05) is 18.0 Å². The maximum Gasteiger partial charge on any atom is 0.306 e. The molecule has 0 radical (unpaired) electrons. The lowest BCUT2D eigenvalue weighted by Crippen LogP contribution is -2.36. The Morgan fingerprint density at radius 1 is 1.38 bits per heavy atom. The van der Waals surface area contributed by atoms with Crippen molar-refractivity contribution in [2.24, 2.45) is 5.92 Å². The summed E-state index contributed by atoms with van der Waals surface area (Å²) in [7, 11) is 0. The standard InChI is InChI=1S/C14H19N5O2/c1-2-5-19-9-16-12-13(19)17-11(8-15-12)18-6-3-10(4-7-18)14(20)21/h8-10H,2-7H2,1H3,(H,20,21). The van der Waals surface area contributed by atoms with Gasteiger partial charge in [0.15, 0.2) is 11.3 Å². The van der Waals surface area contributed by atoms with Crippen molar-refractivity contribution in [1.82, 2.24) is 19.5 Å². The Balaban J connectivity index is 1.81. The number of imidazole rings is 1. The van der Waals surface area contributed by atoms with Crippen LogP contribution in [0.25, 0.3) is 11.3 Å². The highest BCUT2D eigenvalue weighted by Gasteiger charge is 2.25. The van der Waals surface area contributed by atoms with Crippen molar-refractivity contribution in [1.29, 1.82) is 0 Å². The molecule has 1 saturated heterocycles. The van der Waals surface area contributed by atoms with E-state index in [2.05, 4.69) is 26.8 Å². The summed E-state index contributed by atoms with van der Waals surface area (Å²) >= 11 is 0. The fourth-order valence-corrected chi connectivity index (χ4v) is 2.74. The molecule has 7 heteroatoms. The topological polar surface area (TPSA) is 84.1 Å². The van der Waals surface area contributed by atoms with Gasteiger partial charge < -0.3 is 14.6 Å². The Morgan fingerprint density at radius 3 is 2.81 bits per heavy atom. The molecule has 0 atom stereocenters. The minimum Gasteiger partial charge on any atom is -0.481 e. The third kappa shape index (κ3) is 2.68. The Bertz CT molecular complexity index is 646. The molecule has 7 nitrogen and oxygen atoms in total. The molecule has 0 spiro atoms. The fourth-order valence-electron chi connectivity index (χ4n) is 2.74. The van der Waals surface area contributed by atoms with Gasteiger partial charge in [0.25, 0.3) is 0 Å². The van der Waals surface area contributed by atoms with Gasteiger partial charge in [-0.25, -0.2) is 15.0 Å². The van der Waals surface area contributed by atoms with Crippen molar-refractivity contribution in [3.05, 3.63) is 12.5 Å². The predicted octanol–water partition coefficient (Wildman–Crippen LogP) is 1.54. The Hall–Kier alpha value is -2.18. The van der Waals surface area contributed by atoms with Gasteiger partial charge in [-0.2, -0.15) is 0 Å². The number of aromatic nitrogens is 4. The van der Waals surface area contributed by atoms with Crippen LogP contribution in [0.2, 0.25) is 0 Å². The smallest absolute Gasteiger partial charge is 0.306 e. The monoisotopic (exact) mass is 289 g/mol. The second-order valence-corrected chi connectivity index (χ2v) is 5.41. The van der Waals surface area contributed by atoms with E-state index in [1.54, 1.807) is 12.5 Å². The molecule has 2 aromatic rings. The first-order valence-corrected chi connectivity index (χ1v) is 7.34. The highest BCUT2D eigenvalue weighted by Crippen LogP contribution is 2.22. The molecule has 3 rings (SSSR count). The lowest BCUT2D eigenvalue weighted by molar-refractivity contribution is -0.142. The number of rotatable bonds is 4. The largest absolute Gasteiger partial charge is 0.481 e. The number of aliphatic carboxylic acids is 1. The summed E-state index contributed by atoms with van der Waals surface area (Å²) < 4.78 is 2.01. The minimum atomic E-state index is -0.697. The van der Waals surface area contributed by atoms with Crippen molar-refractivity contribution >= 4 is 23.1 Å². The number of nitrogens with zero attached hydrogens (tertiary/aromatic N) is 5. The van der Waals surface area contributed by atoms with Gasteiger partial charge in [-0.3, -0.25) is 4.79 Å². The minimum absolute atomic E-state index is 0.233. The molecule has 0 unspecified atom stereocenters. The molecule has 2 aromatic heterocycles. The molecule has 0 amide bonds. The van der Waals surface area contributed by atoms with E-state index in [0.29, 0.717) is 31.6 Å². The van der Waals surface area contributed by atoms with E-state index < -0.39 is 5.97 Å². The van der Waals surface area contributed by atoms with Gasteiger partial charge in [-0.05, 0) is 19.3 Å². The molecule has 0 aliphatic carbocycles. The summed E-state index contributed by atoms with van der Waals surface area (Å²) in [4.78, 5) is 26.4. The van der Waals surface area contributed by atoms with Crippen molar-refractivity contribution in [3.8, 4) is 0 Å². The molecule has 21 heavy (non-hydrogen) atoms. The van der Waals surface area contributed by atoms with E-state index in [1.807, 2.05) is 4.57 Å². The number of carbonyl (C=O) groups is 1. The second kappa shape index (κ2) is 5.67. The molecular formula is C14H19N5O2. The van der Waals surface area contributed by atoms with Gasteiger partial charge >= 0.3 is 5.97 Å². The van der Waals surface area contributed by atoms with Crippen LogP contribution in [0.1, 0.15) is 26.2 Å². The molecule has 1 aliphatic rings. The number of piperidine rings is 1. The van der Waals surface area contributed by atoms with Crippen LogP contribution in [0, 0.1) is 5.92 Å².